The van der Waals surface area contributed by atoms with Gasteiger partial charge in [-0.2, -0.15) is 0 Å². The minimum Gasteiger partial charge on any atom is -0.377 e. The molecule has 0 aliphatic rings. The molecule has 0 saturated carbocycles. The summed E-state index contributed by atoms with van der Waals surface area (Å²) in [4.78, 5) is 10.7. The standard InChI is InChI=1S/C12H19NO2/c1-9(2)15-6-5-13-10(3)7-12(8-14)11(13)4/h7-9H,5-6H2,1-4H3. The minimum atomic E-state index is 0.256. The molecule has 0 aliphatic carbocycles. The van der Waals surface area contributed by atoms with Crippen LogP contribution in [0.5, 0.6) is 0 Å². The Morgan fingerprint density at radius 2 is 2.13 bits per heavy atom. The largest absolute Gasteiger partial charge is 0.377 e. The van der Waals surface area contributed by atoms with Crippen molar-refractivity contribution in [1.29, 1.82) is 0 Å². The molecule has 3 nitrogen and oxygen atoms in total. The lowest BCUT2D eigenvalue weighted by molar-refractivity contribution is 0.0722. The molecule has 0 aliphatic heterocycles. The Labute approximate surface area is 91.0 Å². The number of carbonyl (C=O) groups is 1. The van der Waals surface area contributed by atoms with Gasteiger partial charge in [-0.15, -0.1) is 0 Å². The smallest absolute Gasteiger partial charge is 0.151 e. The maximum absolute atomic E-state index is 10.7. The van der Waals surface area contributed by atoms with Gasteiger partial charge in [-0.05, 0) is 33.8 Å². The molecular weight excluding hydrogens is 190 g/mol. The van der Waals surface area contributed by atoms with Gasteiger partial charge in [0.2, 0.25) is 0 Å². The number of ether oxygens (including phenoxy) is 1. The van der Waals surface area contributed by atoms with Crippen LogP contribution in [0.4, 0.5) is 0 Å². The molecule has 0 saturated heterocycles. The van der Waals surface area contributed by atoms with Crippen LogP contribution in [0, 0.1) is 13.8 Å². The molecule has 1 rings (SSSR count). The lowest BCUT2D eigenvalue weighted by Crippen LogP contribution is -2.12. The van der Waals surface area contributed by atoms with E-state index in [0.29, 0.717) is 6.61 Å². The van der Waals surface area contributed by atoms with Gasteiger partial charge in [0.05, 0.1) is 12.7 Å². The van der Waals surface area contributed by atoms with Crippen molar-refractivity contribution >= 4 is 6.29 Å². The number of rotatable bonds is 5. The van der Waals surface area contributed by atoms with Crippen molar-refractivity contribution in [2.75, 3.05) is 6.61 Å². The average molecular weight is 209 g/mol. The van der Waals surface area contributed by atoms with Crippen LogP contribution in [0.15, 0.2) is 6.07 Å². The van der Waals surface area contributed by atoms with Crippen molar-refractivity contribution in [2.45, 2.75) is 40.3 Å². The molecule has 0 aromatic carbocycles. The molecule has 0 fully saturated rings. The van der Waals surface area contributed by atoms with Gasteiger partial charge >= 0.3 is 0 Å². The number of aldehydes is 1. The molecule has 0 N–H and O–H groups in total. The van der Waals surface area contributed by atoms with Crippen LogP contribution in [0.25, 0.3) is 0 Å². The van der Waals surface area contributed by atoms with Crippen molar-refractivity contribution in [2.24, 2.45) is 0 Å². The van der Waals surface area contributed by atoms with E-state index in [0.717, 1.165) is 29.8 Å². The molecule has 0 amide bonds. The second-order valence-corrected chi connectivity index (χ2v) is 4.02. The van der Waals surface area contributed by atoms with E-state index in [1.165, 1.54) is 0 Å². The van der Waals surface area contributed by atoms with E-state index in [9.17, 15) is 4.79 Å². The third-order valence-corrected chi connectivity index (χ3v) is 2.51. The Balaban J connectivity index is 2.68. The summed E-state index contributed by atoms with van der Waals surface area (Å²) >= 11 is 0. The first-order chi connectivity index (χ1) is 7.06. The van der Waals surface area contributed by atoms with Gasteiger partial charge in [-0.3, -0.25) is 4.79 Å². The van der Waals surface area contributed by atoms with Gasteiger partial charge in [-0.1, -0.05) is 0 Å². The number of nitrogens with zero attached hydrogens (tertiary/aromatic N) is 1. The summed E-state index contributed by atoms with van der Waals surface area (Å²) in [7, 11) is 0. The fourth-order valence-corrected chi connectivity index (χ4v) is 1.67. The van der Waals surface area contributed by atoms with Gasteiger partial charge in [-0.25, -0.2) is 0 Å². The molecule has 1 heterocycles. The van der Waals surface area contributed by atoms with E-state index in [1.807, 2.05) is 33.8 Å². The highest BCUT2D eigenvalue weighted by atomic mass is 16.5. The highest BCUT2D eigenvalue weighted by Gasteiger charge is 2.07. The molecule has 15 heavy (non-hydrogen) atoms. The molecular formula is C12H19NO2. The Hall–Kier alpha value is -1.09. The zero-order valence-electron chi connectivity index (χ0n) is 9.91. The Morgan fingerprint density at radius 1 is 1.47 bits per heavy atom. The van der Waals surface area contributed by atoms with E-state index < -0.39 is 0 Å². The summed E-state index contributed by atoms with van der Waals surface area (Å²) in [6, 6.07) is 1.91. The van der Waals surface area contributed by atoms with Crippen LogP contribution < -0.4 is 0 Å². The van der Waals surface area contributed by atoms with Crippen LogP contribution in [0.3, 0.4) is 0 Å². The van der Waals surface area contributed by atoms with Gasteiger partial charge in [0, 0.05) is 23.5 Å². The first kappa shape index (κ1) is 12.0. The summed E-state index contributed by atoms with van der Waals surface area (Å²) in [6.07, 6.45) is 1.16. The van der Waals surface area contributed by atoms with Gasteiger partial charge in [0.15, 0.2) is 6.29 Å². The first-order valence-electron chi connectivity index (χ1n) is 5.29. The zero-order valence-corrected chi connectivity index (χ0v) is 9.91. The van der Waals surface area contributed by atoms with Crippen molar-refractivity contribution in [3.8, 4) is 0 Å². The lowest BCUT2D eigenvalue weighted by atomic mass is 10.3. The topological polar surface area (TPSA) is 31.2 Å². The fraction of sp³-hybridized carbons (Fsp3) is 0.583. The van der Waals surface area contributed by atoms with Gasteiger partial charge < -0.3 is 9.30 Å². The predicted molar refractivity (Wildman–Crippen MR) is 60.4 cm³/mol. The average Bonchev–Trinajstić information content (AvgIpc) is 2.44. The summed E-state index contributed by atoms with van der Waals surface area (Å²) < 4.78 is 7.61. The van der Waals surface area contributed by atoms with E-state index in [4.69, 9.17) is 4.74 Å². The van der Waals surface area contributed by atoms with Gasteiger partial charge in [0.1, 0.15) is 0 Å². The molecule has 0 unspecified atom stereocenters. The number of aromatic nitrogens is 1. The summed E-state index contributed by atoms with van der Waals surface area (Å²) in [5, 5.41) is 0. The second kappa shape index (κ2) is 5.12. The maximum Gasteiger partial charge on any atom is 0.151 e. The van der Waals surface area contributed by atoms with Gasteiger partial charge in [0.25, 0.3) is 0 Å². The lowest BCUT2D eigenvalue weighted by Gasteiger charge is -2.11. The van der Waals surface area contributed by atoms with Crippen LogP contribution >= 0.6 is 0 Å². The number of hydrogen-bond acceptors (Lipinski definition) is 2. The quantitative estimate of drug-likeness (QED) is 0.697. The maximum atomic E-state index is 10.7. The Bertz CT molecular complexity index is 340. The molecule has 0 bridgehead atoms. The van der Waals surface area contributed by atoms with Crippen molar-refractivity contribution in [3.63, 3.8) is 0 Å². The van der Waals surface area contributed by atoms with Crippen LogP contribution in [0.1, 0.15) is 35.6 Å². The molecule has 84 valence electrons. The van der Waals surface area contributed by atoms with Crippen LogP contribution in [-0.4, -0.2) is 23.6 Å². The fourth-order valence-electron chi connectivity index (χ4n) is 1.67. The minimum absolute atomic E-state index is 0.256. The molecule has 0 spiro atoms. The molecule has 1 aromatic heterocycles. The number of aryl methyl sites for hydroxylation is 1. The van der Waals surface area contributed by atoms with Crippen molar-refractivity contribution in [3.05, 3.63) is 23.0 Å². The third-order valence-electron chi connectivity index (χ3n) is 2.51. The second-order valence-electron chi connectivity index (χ2n) is 4.02. The van der Waals surface area contributed by atoms with E-state index in [-0.39, 0.29) is 6.10 Å². The zero-order chi connectivity index (χ0) is 11.4. The SMILES string of the molecule is Cc1cc(C=O)c(C)n1CCOC(C)C. The first-order valence-corrected chi connectivity index (χ1v) is 5.29. The number of carbonyl (C=O) groups excluding carboxylic acids is 1. The number of hydrogen-bond donors (Lipinski definition) is 0. The third kappa shape index (κ3) is 2.93. The Morgan fingerprint density at radius 3 is 2.60 bits per heavy atom. The Kier molecular flexibility index (Phi) is 4.09. The molecule has 0 radical (unpaired) electrons. The molecule has 3 heteroatoms. The van der Waals surface area contributed by atoms with Crippen LogP contribution in [0.2, 0.25) is 0 Å². The summed E-state index contributed by atoms with van der Waals surface area (Å²) in [6.45, 7) is 9.51. The van der Waals surface area contributed by atoms with E-state index >= 15 is 0 Å². The molecule has 0 atom stereocenters. The molecule has 1 aromatic rings. The van der Waals surface area contributed by atoms with Crippen molar-refractivity contribution in [1.82, 2.24) is 4.57 Å². The van der Waals surface area contributed by atoms with Crippen molar-refractivity contribution < 1.29 is 9.53 Å². The highest BCUT2D eigenvalue weighted by Crippen LogP contribution is 2.12. The normalized spacial score (nSPS) is 11.0. The monoisotopic (exact) mass is 209 g/mol. The summed E-state index contributed by atoms with van der Waals surface area (Å²) in [5.74, 6) is 0. The van der Waals surface area contributed by atoms with Crippen LogP contribution in [-0.2, 0) is 11.3 Å². The highest BCUT2D eigenvalue weighted by molar-refractivity contribution is 5.77. The summed E-state index contributed by atoms with van der Waals surface area (Å²) in [5.41, 5.74) is 2.91. The van der Waals surface area contributed by atoms with E-state index in [1.54, 1.807) is 0 Å². The van der Waals surface area contributed by atoms with E-state index in [2.05, 4.69) is 4.57 Å². The predicted octanol–water partition coefficient (Wildman–Crippen LogP) is 2.34.